The maximum Gasteiger partial charge on any atom is 0.426 e. The minimum atomic E-state index is -5.86. The van der Waals surface area contributed by atoms with E-state index in [0.717, 1.165) is 0 Å². The average molecular weight is 389 g/mol. The molecule has 2 fully saturated rings. The molecule has 0 aromatic rings. The fraction of sp³-hybridized carbons (Fsp3) is 1.00. The van der Waals surface area contributed by atoms with Gasteiger partial charge in [0.1, 0.15) is 5.72 Å². The van der Waals surface area contributed by atoms with Crippen molar-refractivity contribution < 1.29 is 36.6 Å². The smallest absolute Gasteiger partial charge is 0.384 e. The lowest BCUT2D eigenvalue weighted by molar-refractivity contribution is -0.394. The number of alkyl halides is 6. The van der Waals surface area contributed by atoms with E-state index in [-0.39, 0.29) is 12.8 Å². The molecule has 2 aliphatic rings. The SMILES string of the molecule is CC(O)(N=[N+]=[N-])C1CCC(C(O)(C(F)(F)F)C(F)(F)F)C2CCCCC21. The highest BCUT2D eigenvalue weighted by Gasteiger charge is 2.75. The van der Waals surface area contributed by atoms with Crippen LogP contribution >= 0.6 is 0 Å². The highest BCUT2D eigenvalue weighted by Crippen LogP contribution is 2.59. The zero-order valence-corrected chi connectivity index (χ0v) is 14.1. The summed E-state index contributed by atoms with van der Waals surface area (Å²) in [5.74, 6) is -4.58. The van der Waals surface area contributed by atoms with E-state index in [1.807, 2.05) is 0 Å². The monoisotopic (exact) mass is 389 g/mol. The Hall–Kier alpha value is -1.19. The molecule has 0 aliphatic heterocycles. The van der Waals surface area contributed by atoms with E-state index in [2.05, 4.69) is 10.0 Å². The molecule has 26 heavy (non-hydrogen) atoms. The van der Waals surface area contributed by atoms with Gasteiger partial charge >= 0.3 is 12.4 Å². The third-order valence-electron chi connectivity index (χ3n) is 6.05. The minimum Gasteiger partial charge on any atom is -0.384 e. The van der Waals surface area contributed by atoms with Crippen LogP contribution in [0.4, 0.5) is 26.3 Å². The van der Waals surface area contributed by atoms with Crippen molar-refractivity contribution in [2.75, 3.05) is 0 Å². The molecule has 0 bridgehead atoms. The molecule has 0 aromatic carbocycles. The molecule has 2 saturated carbocycles. The van der Waals surface area contributed by atoms with Crippen molar-refractivity contribution in [3.8, 4) is 0 Å². The fourth-order valence-corrected chi connectivity index (χ4v) is 4.92. The van der Waals surface area contributed by atoms with Crippen LogP contribution in [-0.4, -0.2) is 33.9 Å². The van der Waals surface area contributed by atoms with Crippen molar-refractivity contribution >= 4 is 0 Å². The van der Waals surface area contributed by atoms with Gasteiger partial charge in [-0.2, -0.15) is 26.3 Å². The number of fused-ring (bicyclic) bond motifs is 1. The lowest BCUT2D eigenvalue weighted by Crippen LogP contribution is -2.65. The number of nitrogens with zero attached hydrogens (tertiary/aromatic N) is 3. The van der Waals surface area contributed by atoms with E-state index >= 15 is 0 Å². The predicted molar refractivity (Wildman–Crippen MR) is 78.5 cm³/mol. The van der Waals surface area contributed by atoms with Gasteiger partial charge in [-0.3, -0.25) is 0 Å². The van der Waals surface area contributed by atoms with Crippen molar-refractivity contribution in [1.29, 1.82) is 0 Å². The van der Waals surface area contributed by atoms with Crippen LogP contribution in [0.15, 0.2) is 5.11 Å². The quantitative estimate of drug-likeness (QED) is 0.317. The van der Waals surface area contributed by atoms with Gasteiger partial charge in [0, 0.05) is 10.8 Å². The number of azide groups is 1. The highest BCUT2D eigenvalue weighted by atomic mass is 19.4. The molecular weight excluding hydrogens is 368 g/mol. The molecule has 2 aliphatic carbocycles. The summed E-state index contributed by atoms with van der Waals surface area (Å²) in [5, 5.41) is 23.5. The molecule has 0 spiro atoms. The molecule has 150 valence electrons. The number of halogens is 6. The zero-order chi connectivity index (χ0) is 20.0. The summed E-state index contributed by atoms with van der Waals surface area (Å²) in [4.78, 5) is 2.53. The van der Waals surface area contributed by atoms with E-state index in [9.17, 15) is 36.6 Å². The third-order valence-corrected chi connectivity index (χ3v) is 6.05. The van der Waals surface area contributed by atoms with Gasteiger partial charge in [-0.05, 0) is 55.9 Å². The molecule has 2 rings (SSSR count). The Bertz CT molecular complexity index is 557. The average Bonchev–Trinajstić information content (AvgIpc) is 2.50. The van der Waals surface area contributed by atoms with Crippen LogP contribution in [0.3, 0.4) is 0 Å². The maximum atomic E-state index is 13.3. The van der Waals surface area contributed by atoms with Gasteiger partial charge in [-0.25, -0.2) is 0 Å². The van der Waals surface area contributed by atoms with Crippen LogP contribution in [0, 0.1) is 23.7 Å². The van der Waals surface area contributed by atoms with Crippen molar-refractivity contribution in [1.82, 2.24) is 0 Å². The largest absolute Gasteiger partial charge is 0.426 e. The van der Waals surface area contributed by atoms with Crippen molar-refractivity contribution in [3.63, 3.8) is 0 Å². The Labute approximate surface area is 146 Å². The zero-order valence-electron chi connectivity index (χ0n) is 14.1. The highest BCUT2D eigenvalue weighted by molar-refractivity contribution is 5.07. The van der Waals surface area contributed by atoms with Crippen LogP contribution in [0.5, 0.6) is 0 Å². The van der Waals surface area contributed by atoms with Gasteiger partial charge < -0.3 is 10.2 Å². The van der Waals surface area contributed by atoms with Crippen molar-refractivity contribution in [3.05, 3.63) is 10.4 Å². The summed E-state index contributed by atoms with van der Waals surface area (Å²) in [6, 6.07) is 0. The van der Waals surface area contributed by atoms with E-state index in [1.165, 1.54) is 6.92 Å². The summed E-state index contributed by atoms with van der Waals surface area (Å²) in [5.41, 5.74) is 1.88. The Morgan fingerprint density at radius 2 is 1.27 bits per heavy atom. The van der Waals surface area contributed by atoms with Crippen molar-refractivity contribution in [2.24, 2.45) is 28.8 Å². The first-order chi connectivity index (χ1) is 11.8. The van der Waals surface area contributed by atoms with Crippen LogP contribution in [0.2, 0.25) is 0 Å². The standard InChI is InChI=1S/C15H21F6N3O2/c1-12(25,23-24-22)10-6-7-11(9-5-3-2-4-8(9)10)13(26,14(16,17)18)15(19,20)21/h8-11,25-26H,2-7H2,1H3. The van der Waals surface area contributed by atoms with Crippen molar-refractivity contribution in [2.45, 2.75) is 69.1 Å². The molecule has 0 aromatic heterocycles. The molecule has 5 unspecified atom stereocenters. The second kappa shape index (κ2) is 6.76. The van der Waals surface area contributed by atoms with Crippen LogP contribution in [0.1, 0.15) is 45.4 Å². The van der Waals surface area contributed by atoms with Gasteiger partial charge in [-0.15, -0.1) is 0 Å². The molecule has 2 N–H and O–H groups in total. The predicted octanol–water partition coefficient (Wildman–Crippen LogP) is 4.69. The summed E-state index contributed by atoms with van der Waals surface area (Å²) >= 11 is 0. The van der Waals surface area contributed by atoms with Crippen LogP contribution in [-0.2, 0) is 0 Å². The summed E-state index contributed by atoms with van der Waals surface area (Å²) in [7, 11) is 0. The number of aliphatic hydroxyl groups is 2. The topological polar surface area (TPSA) is 89.2 Å². The molecule has 0 amide bonds. The van der Waals surface area contributed by atoms with Gasteiger partial charge in [0.05, 0.1) is 0 Å². The second-order valence-electron chi connectivity index (χ2n) is 7.45. The lowest BCUT2D eigenvalue weighted by Gasteiger charge is -2.53. The van der Waals surface area contributed by atoms with E-state index in [4.69, 9.17) is 5.53 Å². The molecule has 0 saturated heterocycles. The first kappa shape index (κ1) is 21.1. The van der Waals surface area contributed by atoms with E-state index in [0.29, 0.717) is 19.3 Å². The number of hydrogen-bond donors (Lipinski definition) is 2. The molecule has 11 heteroatoms. The maximum absolute atomic E-state index is 13.3. The van der Waals surface area contributed by atoms with Gasteiger partial charge in [-0.1, -0.05) is 18.0 Å². The fourth-order valence-electron chi connectivity index (χ4n) is 4.92. The Morgan fingerprint density at radius 1 is 0.846 bits per heavy atom. The molecular formula is C15H21F6N3O2. The van der Waals surface area contributed by atoms with E-state index < -0.39 is 53.8 Å². The minimum absolute atomic E-state index is 0.0899. The number of rotatable bonds is 3. The van der Waals surface area contributed by atoms with E-state index in [1.54, 1.807) is 0 Å². The van der Waals surface area contributed by atoms with Gasteiger partial charge in [0.25, 0.3) is 5.60 Å². The Morgan fingerprint density at radius 3 is 1.69 bits per heavy atom. The van der Waals surface area contributed by atoms with Gasteiger partial charge in [0.2, 0.25) is 0 Å². The number of hydrogen-bond acceptors (Lipinski definition) is 3. The Kier molecular flexibility index (Phi) is 5.49. The third kappa shape index (κ3) is 3.36. The molecule has 5 nitrogen and oxygen atoms in total. The summed E-state index contributed by atoms with van der Waals surface area (Å²) in [6.07, 6.45) is -11.1. The van der Waals surface area contributed by atoms with Gasteiger partial charge in [0.15, 0.2) is 0 Å². The first-order valence-corrected chi connectivity index (χ1v) is 8.42. The molecule has 0 heterocycles. The second-order valence-corrected chi connectivity index (χ2v) is 7.45. The van der Waals surface area contributed by atoms with Crippen LogP contribution in [0.25, 0.3) is 10.4 Å². The normalized spacial score (nSPS) is 33.0. The lowest BCUT2D eigenvalue weighted by atomic mass is 9.55. The summed E-state index contributed by atoms with van der Waals surface area (Å²) in [6.45, 7) is 1.21. The summed E-state index contributed by atoms with van der Waals surface area (Å²) < 4.78 is 79.9. The molecule has 0 radical (unpaired) electrons. The first-order valence-electron chi connectivity index (χ1n) is 8.42. The van der Waals surface area contributed by atoms with Crippen LogP contribution < -0.4 is 0 Å². The Balaban J connectivity index is 2.46. The molecule has 5 atom stereocenters.